The van der Waals surface area contributed by atoms with Crippen LogP contribution in [0.5, 0.6) is 0 Å². The smallest absolute Gasteiger partial charge is 0.208 e. The van der Waals surface area contributed by atoms with Crippen LogP contribution in [0.15, 0.2) is 16.7 Å². The number of aromatic nitrogens is 3. The lowest BCUT2D eigenvalue weighted by atomic mass is 9.96. The van der Waals surface area contributed by atoms with Gasteiger partial charge in [0.1, 0.15) is 5.76 Å². The van der Waals surface area contributed by atoms with E-state index in [0.717, 1.165) is 49.9 Å². The van der Waals surface area contributed by atoms with Gasteiger partial charge in [-0.3, -0.25) is 4.90 Å². The Hall–Kier alpha value is -1.95. The maximum Gasteiger partial charge on any atom is 0.208 e. The van der Waals surface area contributed by atoms with E-state index >= 15 is 0 Å². The summed E-state index contributed by atoms with van der Waals surface area (Å²) < 4.78 is 5.56. The van der Waals surface area contributed by atoms with Crippen LogP contribution in [0.4, 0.5) is 5.82 Å². The number of likely N-dealkylation sites (N-methyl/N-ethyl adjacent to an activating group) is 1. The van der Waals surface area contributed by atoms with Crippen LogP contribution in [0.25, 0.3) is 0 Å². The van der Waals surface area contributed by atoms with Crippen molar-refractivity contribution in [2.24, 2.45) is 0 Å². The molecule has 122 valence electrons. The van der Waals surface area contributed by atoms with Crippen LogP contribution >= 0.6 is 0 Å². The second kappa shape index (κ2) is 5.92. The summed E-state index contributed by atoms with van der Waals surface area (Å²) in [6.07, 6.45) is 6.54. The van der Waals surface area contributed by atoms with Gasteiger partial charge in [-0.15, -0.1) is 5.10 Å². The van der Waals surface area contributed by atoms with Crippen molar-refractivity contribution >= 4 is 5.82 Å². The minimum Gasteiger partial charge on any atom is -0.445 e. The van der Waals surface area contributed by atoms with Crippen molar-refractivity contribution in [2.75, 3.05) is 25.0 Å². The average molecular weight is 313 g/mol. The van der Waals surface area contributed by atoms with Crippen LogP contribution in [-0.2, 0) is 19.4 Å². The molecule has 2 aromatic heterocycles. The molecule has 0 amide bonds. The molecule has 0 saturated carbocycles. The van der Waals surface area contributed by atoms with Gasteiger partial charge in [0, 0.05) is 19.1 Å². The summed E-state index contributed by atoms with van der Waals surface area (Å²) in [5, 5.41) is 8.85. The largest absolute Gasteiger partial charge is 0.445 e. The van der Waals surface area contributed by atoms with Crippen molar-refractivity contribution in [3.8, 4) is 0 Å². The van der Waals surface area contributed by atoms with Crippen LogP contribution in [0.1, 0.15) is 35.7 Å². The SMILES string of the molecule is Cc1cnc(CN(C)C2CN(c3cc4c(nn3)CCCC4)C2)o1. The molecule has 0 aromatic carbocycles. The van der Waals surface area contributed by atoms with E-state index < -0.39 is 0 Å². The second-order valence-electron chi connectivity index (χ2n) is 6.72. The lowest BCUT2D eigenvalue weighted by molar-refractivity contribution is 0.179. The molecule has 4 rings (SSSR count). The number of nitrogens with zero attached hydrogens (tertiary/aromatic N) is 5. The zero-order valence-corrected chi connectivity index (χ0v) is 13.8. The molecule has 6 heteroatoms. The first-order valence-corrected chi connectivity index (χ1v) is 8.41. The molecule has 0 atom stereocenters. The molecule has 1 saturated heterocycles. The van der Waals surface area contributed by atoms with E-state index in [-0.39, 0.29) is 0 Å². The molecule has 1 fully saturated rings. The van der Waals surface area contributed by atoms with Gasteiger partial charge in [0.15, 0.2) is 5.82 Å². The highest BCUT2D eigenvalue weighted by atomic mass is 16.4. The third-order valence-corrected chi connectivity index (χ3v) is 4.92. The molecule has 0 unspecified atom stereocenters. The normalized spacial score (nSPS) is 18.1. The molecule has 0 N–H and O–H groups in total. The van der Waals surface area contributed by atoms with Gasteiger partial charge in [-0.25, -0.2) is 4.98 Å². The molecule has 0 radical (unpaired) electrons. The van der Waals surface area contributed by atoms with Crippen LogP contribution in [0, 0.1) is 6.92 Å². The molecule has 1 aliphatic heterocycles. The summed E-state index contributed by atoms with van der Waals surface area (Å²) in [7, 11) is 2.13. The Morgan fingerprint density at radius 1 is 1.26 bits per heavy atom. The zero-order valence-electron chi connectivity index (χ0n) is 13.8. The standard InChI is InChI=1S/C17H23N5O/c1-12-8-18-17(23-12)11-21(2)14-9-22(10-14)16-7-13-5-3-4-6-15(13)19-20-16/h7-8,14H,3-6,9-11H2,1-2H3. The van der Waals surface area contributed by atoms with Gasteiger partial charge in [0.05, 0.1) is 18.4 Å². The van der Waals surface area contributed by atoms with Gasteiger partial charge >= 0.3 is 0 Å². The molecule has 2 aliphatic rings. The highest BCUT2D eigenvalue weighted by molar-refractivity contribution is 5.45. The fourth-order valence-electron chi connectivity index (χ4n) is 3.37. The van der Waals surface area contributed by atoms with Crippen molar-refractivity contribution < 1.29 is 4.42 Å². The highest BCUT2D eigenvalue weighted by Gasteiger charge is 2.32. The van der Waals surface area contributed by atoms with Crippen molar-refractivity contribution in [1.82, 2.24) is 20.1 Å². The summed E-state index contributed by atoms with van der Waals surface area (Å²) in [6.45, 7) is 4.66. The van der Waals surface area contributed by atoms with Crippen molar-refractivity contribution in [1.29, 1.82) is 0 Å². The topological polar surface area (TPSA) is 58.3 Å². The van der Waals surface area contributed by atoms with E-state index in [1.165, 1.54) is 24.1 Å². The van der Waals surface area contributed by atoms with Crippen LogP contribution in [0.2, 0.25) is 0 Å². The lowest BCUT2D eigenvalue weighted by Crippen LogP contribution is -2.58. The summed E-state index contributed by atoms with van der Waals surface area (Å²) in [4.78, 5) is 8.89. The summed E-state index contributed by atoms with van der Waals surface area (Å²) >= 11 is 0. The summed E-state index contributed by atoms with van der Waals surface area (Å²) in [6, 6.07) is 2.76. The molecular formula is C17H23N5O. The fourth-order valence-corrected chi connectivity index (χ4v) is 3.37. The van der Waals surface area contributed by atoms with E-state index in [2.05, 4.69) is 38.1 Å². The molecule has 6 nitrogen and oxygen atoms in total. The average Bonchev–Trinajstić information content (AvgIpc) is 2.90. The summed E-state index contributed by atoms with van der Waals surface area (Å²) in [5.74, 6) is 2.69. The number of anilines is 1. The van der Waals surface area contributed by atoms with E-state index in [9.17, 15) is 0 Å². The number of aryl methyl sites for hydroxylation is 3. The molecule has 2 aromatic rings. The summed E-state index contributed by atoms with van der Waals surface area (Å²) in [5.41, 5.74) is 2.60. The predicted molar refractivity (Wildman–Crippen MR) is 87.4 cm³/mol. The lowest BCUT2D eigenvalue weighted by Gasteiger charge is -2.44. The third-order valence-electron chi connectivity index (χ3n) is 4.92. The second-order valence-corrected chi connectivity index (χ2v) is 6.72. The number of hydrogen-bond donors (Lipinski definition) is 0. The minimum absolute atomic E-state index is 0.514. The Kier molecular flexibility index (Phi) is 3.77. The van der Waals surface area contributed by atoms with Gasteiger partial charge < -0.3 is 9.32 Å². The first-order chi connectivity index (χ1) is 11.2. The Labute approximate surface area is 136 Å². The van der Waals surface area contributed by atoms with E-state index in [1.54, 1.807) is 6.20 Å². The molecule has 0 bridgehead atoms. The molecule has 0 spiro atoms. The van der Waals surface area contributed by atoms with Crippen LogP contribution in [0.3, 0.4) is 0 Å². The van der Waals surface area contributed by atoms with Gasteiger partial charge in [-0.1, -0.05) is 0 Å². The maximum absolute atomic E-state index is 5.56. The van der Waals surface area contributed by atoms with E-state index in [0.29, 0.717) is 6.04 Å². The van der Waals surface area contributed by atoms with Crippen molar-refractivity contribution in [3.05, 3.63) is 35.2 Å². The highest BCUT2D eigenvalue weighted by Crippen LogP contribution is 2.26. The number of hydrogen-bond acceptors (Lipinski definition) is 6. The van der Waals surface area contributed by atoms with Crippen LogP contribution < -0.4 is 4.90 Å². The molecule has 3 heterocycles. The van der Waals surface area contributed by atoms with E-state index in [4.69, 9.17) is 4.42 Å². The zero-order chi connectivity index (χ0) is 15.8. The van der Waals surface area contributed by atoms with Gasteiger partial charge in [0.25, 0.3) is 0 Å². The molecular weight excluding hydrogens is 290 g/mol. The Bertz CT molecular complexity index is 692. The third kappa shape index (κ3) is 2.95. The maximum atomic E-state index is 5.56. The minimum atomic E-state index is 0.514. The molecule has 23 heavy (non-hydrogen) atoms. The number of fused-ring (bicyclic) bond motifs is 1. The van der Waals surface area contributed by atoms with Crippen molar-refractivity contribution in [2.45, 2.75) is 45.2 Å². The van der Waals surface area contributed by atoms with Gasteiger partial charge in [0.2, 0.25) is 5.89 Å². The Balaban J connectivity index is 1.35. The Morgan fingerprint density at radius 2 is 2.09 bits per heavy atom. The van der Waals surface area contributed by atoms with Gasteiger partial charge in [-0.2, -0.15) is 5.10 Å². The molecule has 1 aliphatic carbocycles. The quantitative estimate of drug-likeness (QED) is 0.860. The fraction of sp³-hybridized carbons (Fsp3) is 0.588. The first-order valence-electron chi connectivity index (χ1n) is 8.41. The number of oxazole rings is 1. The van der Waals surface area contributed by atoms with Crippen LogP contribution in [-0.4, -0.2) is 46.3 Å². The first kappa shape index (κ1) is 14.6. The van der Waals surface area contributed by atoms with Gasteiger partial charge in [-0.05, 0) is 51.3 Å². The number of rotatable bonds is 4. The van der Waals surface area contributed by atoms with Crippen molar-refractivity contribution in [3.63, 3.8) is 0 Å². The Morgan fingerprint density at radius 3 is 2.87 bits per heavy atom. The monoisotopic (exact) mass is 313 g/mol. The predicted octanol–water partition coefficient (Wildman–Crippen LogP) is 1.97. The van der Waals surface area contributed by atoms with E-state index in [1.807, 2.05) is 6.92 Å².